The van der Waals surface area contributed by atoms with Crippen LogP contribution in [-0.2, 0) is 0 Å². The SMILES string of the molecule is O=C(c1ncccc1-c1ccccc1)N1CC2CC2C1CNc1nc2ccccc2o1. The maximum atomic E-state index is 13.6. The first-order chi connectivity index (χ1) is 15.3. The minimum atomic E-state index is -0.00369. The number of nitrogens with one attached hydrogen (secondary N) is 1. The molecule has 3 heterocycles. The average molecular weight is 410 g/mol. The van der Waals surface area contributed by atoms with Crippen LogP contribution in [0.15, 0.2) is 77.3 Å². The first kappa shape index (κ1) is 18.1. The summed E-state index contributed by atoms with van der Waals surface area (Å²) >= 11 is 0. The number of aromatic nitrogens is 2. The number of para-hydroxylation sites is 2. The Kier molecular flexibility index (Phi) is 4.23. The van der Waals surface area contributed by atoms with E-state index >= 15 is 0 Å². The number of anilines is 1. The third kappa shape index (κ3) is 3.24. The van der Waals surface area contributed by atoms with Crippen LogP contribution in [0.1, 0.15) is 16.9 Å². The fourth-order valence-corrected chi connectivity index (χ4v) is 4.77. The maximum absolute atomic E-state index is 13.6. The molecule has 2 aromatic heterocycles. The molecule has 6 nitrogen and oxygen atoms in total. The highest BCUT2D eigenvalue weighted by molar-refractivity contribution is 5.99. The summed E-state index contributed by atoms with van der Waals surface area (Å²) < 4.78 is 5.80. The van der Waals surface area contributed by atoms with Crippen LogP contribution < -0.4 is 5.32 Å². The molecule has 1 aliphatic heterocycles. The van der Waals surface area contributed by atoms with E-state index in [-0.39, 0.29) is 11.9 Å². The standard InChI is InChI=1S/C25H22N4O2/c30-24(23-18(9-6-12-26-23)16-7-2-1-3-8-16)29-15-17-13-19(17)21(29)14-27-25-28-20-10-4-5-11-22(20)31-25/h1-12,17,19,21H,13-15H2,(H,27,28). The first-order valence-electron chi connectivity index (χ1n) is 10.7. The fraction of sp³-hybridized carbons (Fsp3) is 0.240. The molecule has 31 heavy (non-hydrogen) atoms. The van der Waals surface area contributed by atoms with Crippen molar-refractivity contribution in [3.63, 3.8) is 0 Å². The zero-order valence-corrected chi connectivity index (χ0v) is 16.9. The van der Waals surface area contributed by atoms with Gasteiger partial charge in [0.15, 0.2) is 5.58 Å². The lowest BCUT2D eigenvalue weighted by Gasteiger charge is -2.28. The Balaban J connectivity index is 1.24. The van der Waals surface area contributed by atoms with E-state index in [1.807, 2.05) is 71.6 Å². The van der Waals surface area contributed by atoms with Gasteiger partial charge < -0.3 is 14.6 Å². The molecule has 3 atom stereocenters. The van der Waals surface area contributed by atoms with Gasteiger partial charge in [0.25, 0.3) is 11.9 Å². The van der Waals surface area contributed by atoms with E-state index in [0.717, 1.165) is 28.8 Å². The van der Waals surface area contributed by atoms with Gasteiger partial charge in [-0.15, -0.1) is 0 Å². The van der Waals surface area contributed by atoms with E-state index in [4.69, 9.17) is 4.42 Å². The summed E-state index contributed by atoms with van der Waals surface area (Å²) in [5.41, 5.74) is 3.98. The van der Waals surface area contributed by atoms with E-state index in [1.54, 1.807) is 6.20 Å². The molecule has 2 aliphatic rings. The number of carbonyl (C=O) groups is 1. The molecule has 4 aromatic rings. The van der Waals surface area contributed by atoms with Gasteiger partial charge in [0.05, 0.1) is 6.04 Å². The molecule has 154 valence electrons. The number of pyridine rings is 1. The lowest BCUT2D eigenvalue weighted by atomic mass is 10.0. The number of piperidine rings is 1. The van der Waals surface area contributed by atoms with Crippen molar-refractivity contribution < 1.29 is 9.21 Å². The fourth-order valence-electron chi connectivity index (χ4n) is 4.77. The Hall–Kier alpha value is -3.67. The smallest absolute Gasteiger partial charge is 0.295 e. The van der Waals surface area contributed by atoms with Crippen LogP contribution in [0.2, 0.25) is 0 Å². The molecule has 1 aliphatic carbocycles. The predicted molar refractivity (Wildman–Crippen MR) is 119 cm³/mol. The second-order valence-corrected chi connectivity index (χ2v) is 8.32. The average Bonchev–Trinajstić information content (AvgIpc) is 3.31. The van der Waals surface area contributed by atoms with Crippen LogP contribution in [-0.4, -0.2) is 39.9 Å². The number of oxazole rings is 1. The molecule has 1 amide bonds. The van der Waals surface area contributed by atoms with Crippen LogP contribution in [0, 0.1) is 11.8 Å². The molecule has 1 saturated carbocycles. The maximum Gasteiger partial charge on any atom is 0.295 e. The Morgan fingerprint density at radius 3 is 2.77 bits per heavy atom. The van der Waals surface area contributed by atoms with E-state index in [2.05, 4.69) is 15.3 Å². The summed E-state index contributed by atoms with van der Waals surface area (Å²) in [5.74, 6) is 1.11. The van der Waals surface area contributed by atoms with Gasteiger partial charge in [0.1, 0.15) is 11.2 Å². The molecular formula is C25H22N4O2. The second-order valence-electron chi connectivity index (χ2n) is 8.32. The third-order valence-electron chi connectivity index (χ3n) is 6.42. The van der Waals surface area contributed by atoms with Crippen molar-refractivity contribution in [2.45, 2.75) is 12.5 Å². The van der Waals surface area contributed by atoms with Crippen molar-refractivity contribution in [1.82, 2.24) is 14.9 Å². The van der Waals surface area contributed by atoms with Crippen molar-refractivity contribution in [3.8, 4) is 11.1 Å². The monoisotopic (exact) mass is 410 g/mol. The van der Waals surface area contributed by atoms with Crippen LogP contribution in [0.5, 0.6) is 0 Å². The molecule has 0 radical (unpaired) electrons. The molecule has 2 fully saturated rings. The Labute approximate surface area is 179 Å². The minimum Gasteiger partial charge on any atom is -0.424 e. The van der Waals surface area contributed by atoms with E-state index in [9.17, 15) is 4.79 Å². The number of carbonyl (C=O) groups excluding carboxylic acids is 1. The van der Waals surface area contributed by atoms with Crippen LogP contribution in [0.25, 0.3) is 22.2 Å². The normalized spacial score (nSPS) is 21.8. The minimum absolute atomic E-state index is 0.00369. The highest BCUT2D eigenvalue weighted by Gasteiger charge is 2.54. The number of amides is 1. The summed E-state index contributed by atoms with van der Waals surface area (Å²) in [6, 6.07) is 22.1. The van der Waals surface area contributed by atoms with Crippen molar-refractivity contribution in [2.75, 3.05) is 18.4 Å². The van der Waals surface area contributed by atoms with Crippen molar-refractivity contribution in [3.05, 3.63) is 78.6 Å². The van der Waals surface area contributed by atoms with Crippen molar-refractivity contribution >= 4 is 23.0 Å². The summed E-state index contributed by atoms with van der Waals surface area (Å²) in [6.45, 7) is 1.40. The summed E-state index contributed by atoms with van der Waals surface area (Å²) in [7, 11) is 0. The quantitative estimate of drug-likeness (QED) is 0.526. The molecular weight excluding hydrogens is 388 g/mol. The molecule has 1 saturated heterocycles. The molecule has 6 rings (SSSR count). The number of fused-ring (bicyclic) bond motifs is 2. The first-order valence-corrected chi connectivity index (χ1v) is 10.7. The third-order valence-corrected chi connectivity index (χ3v) is 6.42. The Morgan fingerprint density at radius 1 is 1.06 bits per heavy atom. The van der Waals surface area contributed by atoms with Gasteiger partial charge in [-0.25, -0.2) is 0 Å². The lowest BCUT2D eigenvalue weighted by Crippen LogP contribution is -2.43. The molecule has 1 N–H and O–H groups in total. The largest absolute Gasteiger partial charge is 0.424 e. The van der Waals surface area contributed by atoms with Gasteiger partial charge >= 0.3 is 0 Å². The number of nitrogens with zero attached hydrogens (tertiary/aromatic N) is 3. The van der Waals surface area contributed by atoms with Crippen LogP contribution >= 0.6 is 0 Å². The summed E-state index contributed by atoms with van der Waals surface area (Å²) in [5, 5.41) is 3.32. The summed E-state index contributed by atoms with van der Waals surface area (Å²) in [4.78, 5) is 24.5. The predicted octanol–water partition coefficient (Wildman–Crippen LogP) is 4.46. The zero-order chi connectivity index (χ0) is 20.8. The van der Waals surface area contributed by atoms with Gasteiger partial charge in [-0.05, 0) is 42.0 Å². The number of hydrogen-bond acceptors (Lipinski definition) is 5. The highest BCUT2D eigenvalue weighted by Crippen LogP contribution is 2.50. The Morgan fingerprint density at radius 2 is 1.90 bits per heavy atom. The lowest BCUT2D eigenvalue weighted by molar-refractivity contribution is 0.0710. The van der Waals surface area contributed by atoms with E-state index < -0.39 is 0 Å². The number of likely N-dealkylation sites (tertiary alicyclic amines) is 1. The molecule has 3 unspecified atom stereocenters. The molecule has 0 spiro atoms. The highest BCUT2D eigenvalue weighted by atomic mass is 16.4. The van der Waals surface area contributed by atoms with Gasteiger partial charge in [-0.2, -0.15) is 4.98 Å². The van der Waals surface area contributed by atoms with E-state index in [1.165, 1.54) is 6.42 Å². The summed E-state index contributed by atoms with van der Waals surface area (Å²) in [6.07, 6.45) is 2.87. The number of rotatable bonds is 5. The van der Waals surface area contributed by atoms with Crippen LogP contribution in [0.3, 0.4) is 0 Å². The van der Waals surface area contributed by atoms with Gasteiger partial charge in [-0.1, -0.05) is 48.5 Å². The number of benzene rings is 2. The van der Waals surface area contributed by atoms with Gasteiger partial charge in [0.2, 0.25) is 0 Å². The second kappa shape index (κ2) is 7.23. The molecule has 6 heteroatoms. The number of hydrogen-bond donors (Lipinski definition) is 1. The van der Waals surface area contributed by atoms with Gasteiger partial charge in [-0.3, -0.25) is 9.78 Å². The van der Waals surface area contributed by atoms with Crippen LogP contribution in [0.4, 0.5) is 6.01 Å². The van der Waals surface area contributed by atoms with Crippen molar-refractivity contribution in [1.29, 1.82) is 0 Å². The Bertz CT molecular complexity index is 1220. The van der Waals surface area contributed by atoms with E-state index in [0.29, 0.717) is 30.1 Å². The van der Waals surface area contributed by atoms with Crippen molar-refractivity contribution in [2.24, 2.45) is 11.8 Å². The zero-order valence-electron chi connectivity index (χ0n) is 16.9. The molecule has 2 aromatic carbocycles. The van der Waals surface area contributed by atoms with Gasteiger partial charge in [0, 0.05) is 24.8 Å². The molecule has 0 bridgehead atoms. The topological polar surface area (TPSA) is 71.3 Å².